The van der Waals surface area contributed by atoms with Crippen LogP contribution in [0.5, 0.6) is 0 Å². The molecule has 19 heavy (non-hydrogen) atoms. The number of halogens is 1. The van der Waals surface area contributed by atoms with Gasteiger partial charge in [0.25, 0.3) is 0 Å². The molecule has 2 aromatic rings. The zero-order chi connectivity index (χ0) is 13.7. The number of carbonyl (C=O) groups is 1. The third kappa shape index (κ3) is 3.45. The number of nitrogens with two attached hydrogens (primary N) is 1. The van der Waals surface area contributed by atoms with Gasteiger partial charge in [0.1, 0.15) is 0 Å². The highest BCUT2D eigenvalue weighted by Gasteiger charge is 2.13. The van der Waals surface area contributed by atoms with Gasteiger partial charge in [0.15, 0.2) is 0 Å². The van der Waals surface area contributed by atoms with Gasteiger partial charge in [-0.15, -0.1) is 0 Å². The number of nitrogen functional groups attached to an aromatic ring is 1. The van der Waals surface area contributed by atoms with Gasteiger partial charge in [-0.25, -0.2) is 4.79 Å². The van der Waals surface area contributed by atoms with Crippen molar-refractivity contribution in [2.24, 2.45) is 0 Å². The number of anilines is 1. The summed E-state index contributed by atoms with van der Waals surface area (Å²) in [5.41, 5.74) is 7.34. The van der Waals surface area contributed by atoms with Crippen LogP contribution >= 0.6 is 11.6 Å². The molecule has 2 N–H and O–H groups in total. The number of esters is 1. The third-order valence-electron chi connectivity index (χ3n) is 2.62. The summed E-state index contributed by atoms with van der Waals surface area (Å²) in [7, 11) is 0. The highest BCUT2D eigenvalue weighted by Crippen LogP contribution is 2.23. The molecule has 0 unspecified atom stereocenters. The highest BCUT2D eigenvalue weighted by molar-refractivity contribution is 6.36. The van der Waals surface area contributed by atoms with E-state index in [-0.39, 0.29) is 17.2 Å². The minimum absolute atomic E-state index is 0.233. The second-order valence-corrected chi connectivity index (χ2v) is 4.33. The number of ether oxygens (including phenoxy) is 1. The summed E-state index contributed by atoms with van der Waals surface area (Å²) >= 11 is 5.95. The van der Waals surface area contributed by atoms with E-state index < -0.39 is 5.97 Å². The average molecular weight is 277 g/mol. The van der Waals surface area contributed by atoms with Crippen LogP contribution in [0.4, 0.5) is 5.69 Å². The number of carbonyl (C=O) groups excluding carboxylic acids is 1. The lowest BCUT2D eigenvalue weighted by Crippen LogP contribution is -2.09. The smallest absolute Gasteiger partial charge is 0.339 e. The number of nitrogens with zero attached hydrogens (tertiary/aromatic N) is 1. The molecule has 0 spiro atoms. The number of rotatable bonds is 4. The van der Waals surface area contributed by atoms with Crippen LogP contribution in [0.15, 0.2) is 42.7 Å². The van der Waals surface area contributed by atoms with Gasteiger partial charge in [-0.3, -0.25) is 4.98 Å². The van der Waals surface area contributed by atoms with Gasteiger partial charge in [-0.1, -0.05) is 17.7 Å². The average Bonchev–Trinajstić information content (AvgIpc) is 2.43. The number of hydrogen-bond donors (Lipinski definition) is 1. The molecule has 5 heteroatoms. The van der Waals surface area contributed by atoms with Crippen LogP contribution in [0.1, 0.15) is 15.9 Å². The van der Waals surface area contributed by atoms with E-state index in [1.54, 1.807) is 30.6 Å². The summed E-state index contributed by atoms with van der Waals surface area (Å²) < 4.78 is 5.17. The maximum atomic E-state index is 11.8. The monoisotopic (exact) mass is 276 g/mol. The van der Waals surface area contributed by atoms with Crippen LogP contribution in [-0.4, -0.2) is 17.6 Å². The van der Waals surface area contributed by atoms with Gasteiger partial charge in [-0.05, 0) is 29.8 Å². The van der Waals surface area contributed by atoms with E-state index in [0.717, 1.165) is 5.56 Å². The van der Waals surface area contributed by atoms with Crippen molar-refractivity contribution in [1.82, 2.24) is 4.98 Å². The summed E-state index contributed by atoms with van der Waals surface area (Å²) in [6, 6.07) is 8.65. The first-order chi connectivity index (χ1) is 9.18. The number of benzene rings is 1. The van der Waals surface area contributed by atoms with E-state index >= 15 is 0 Å². The van der Waals surface area contributed by atoms with Gasteiger partial charge in [0.2, 0.25) is 0 Å². The molecule has 0 bridgehead atoms. The zero-order valence-electron chi connectivity index (χ0n) is 10.2. The molecule has 1 aromatic carbocycles. The van der Waals surface area contributed by atoms with E-state index in [1.165, 1.54) is 0 Å². The van der Waals surface area contributed by atoms with Crippen LogP contribution in [0.2, 0.25) is 5.02 Å². The van der Waals surface area contributed by atoms with Crippen LogP contribution in [0.3, 0.4) is 0 Å². The summed E-state index contributed by atoms with van der Waals surface area (Å²) in [6.45, 7) is 0.286. The second-order valence-electron chi connectivity index (χ2n) is 3.95. The van der Waals surface area contributed by atoms with Crippen molar-refractivity contribution < 1.29 is 9.53 Å². The first kappa shape index (κ1) is 13.4. The molecular weight excluding hydrogens is 264 g/mol. The van der Waals surface area contributed by atoms with Crippen molar-refractivity contribution in [3.05, 3.63) is 58.9 Å². The van der Waals surface area contributed by atoms with Crippen LogP contribution < -0.4 is 5.73 Å². The summed E-state index contributed by atoms with van der Waals surface area (Å²) in [5, 5.41) is 0.233. The maximum absolute atomic E-state index is 11.8. The Morgan fingerprint density at radius 2 is 2.00 bits per heavy atom. The first-order valence-electron chi connectivity index (χ1n) is 5.78. The molecule has 1 heterocycles. The predicted molar refractivity (Wildman–Crippen MR) is 74.1 cm³/mol. The molecule has 0 amide bonds. The predicted octanol–water partition coefficient (Wildman–Crippen LogP) is 2.72. The molecule has 0 aliphatic rings. The van der Waals surface area contributed by atoms with Crippen molar-refractivity contribution in [3.8, 4) is 0 Å². The Balaban J connectivity index is 1.93. The minimum Gasteiger partial charge on any atom is -0.462 e. The van der Waals surface area contributed by atoms with Crippen molar-refractivity contribution in [2.75, 3.05) is 12.3 Å². The van der Waals surface area contributed by atoms with Gasteiger partial charge in [-0.2, -0.15) is 0 Å². The molecule has 1 aromatic heterocycles. The topological polar surface area (TPSA) is 65.2 Å². The van der Waals surface area contributed by atoms with E-state index in [0.29, 0.717) is 12.1 Å². The van der Waals surface area contributed by atoms with Crippen molar-refractivity contribution >= 4 is 23.3 Å². The fourth-order valence-electron chi connectivity index (χ4n) is 1.60. The van der Waals surface area contributed by atoms with Gasteiger partial charge < -0.3 is 10.5 Å². The maximum Gasteiger partial charge on any atom is 0.339 e. The Morgan fingerprint density at radius 1 is 1.26 bits per heavy atom. The fraction of sp³-hybridized carbons (Fsp3) is 0.143. The number of aromatic nitrogens is 1. The first-order valence-corrected chi connectivity index (χ1v) is 6.16. The summed E-state index contributed by atoms with van der Waals surface area (Å²) in [6.07, 6.45) is 4.03. The van der Waals surface area contributed by atoms with Crippen molar-refractivity contribution in [1.29, 1.82) is 0 Å². The SMILES string of the molecule is Nc1cccc(C(=O)OCCc2ccncc2)c1Cl. The van der Waals surface area contributed by atoms with Crippen LogP contribution in [-0.2, 0) is 11.2 Å². The lowest BCUT2D eigenvalue weighted by molar-refractivity contribution is 0.0509. The van der Waals surface area contributed by atoms with Crippen LogP contribution in [0.25, 0.3) is 0 Å². The third-order valence-corrected chi connectivity index (χ3v) is 3.04. The molecule has 0 saturated heterocycles. The molecule has 4 nitrogen and oxygen atoms in total. The number of pyridine rings is 1. The molecule has 2 rings (SSSR count). The van der Waals surface area contributed by atoms with E-state index in [9.17, 15) is 4.79 Å². The Bertz CT molecular complexity index is 573. The molecule has 0 atom stereocenters. The summed E-state index contributed by atoms with van der Waals surface area (Å²) in [5.74, 6) is -0.466. The Morgan fingerprint density at radius 3 is 2.74 bits per heavy atom. The van der Waals surface area contributed by atoms with E-state index in [4.69, 9.17) is 22.1 Å². The molecule has 0 aliphatic carbocycles. The number of hydrogen-bond acceptors (Lipinski definition) is 4. The standard InChI is InChI=1S/C14H13ClN2O2/c15-13-11(2-1-3-12(13)16)14(18)19-9-6-10-4-7-17-8-5-10/h1-5,7-8H,6,9,16H2. The fourth-order valence-corrected chi connectivity index (χ4v) is 1.80. The quantitative estimate of drug-likeness (QED) is 0.689. The Hall–Kier alpha value is -2.07. The largest absolute Gasteiger partial charge is 0.462 e. The molecule has 0 aliphatic heterocycles. The molecular formula is C14H13ClN2O2. The second kappa shape index (κ2) is 6.20. The highest BCUT2D eigenvalue weighted by atomic mass is 35.5. The lowest BCUT2D eigenvalue weighted by atomic mass is 10.2. The van der Waals surface area contributed by atoms with Crippen molar-refractivity contribution in [2.45, 2.75) is 6.42 Å². The molecule has 0 fully saturated rings. The summed E-state index contributed by atoms with van der Waals surface area (Å²) in [4.78, 5) is 15.8. The lowest BCUT2D eigenvalue weighted by Gasteiger charge is -2.07. The molecule has 0 radical (unpaired) electrons. The molecule has 98 valence electrons. The Labute approximate surface area is 116 Å². The molecule has 0 saturated carbocycles. The van der Waals surface area contributed by atoms with Gasteiger partial charge >= 0.3 is 5.97 Å². The van der Waals surface area contributed by atoms with E-state index in [2.05, 4.69) is 4.98 Å². The van der Waals surface area contributed by atoms with Gasteiger partial charge in [0, 0.05) is 18.8 Å². The van der Waals surface area contributed by atoms with Gasteiger partial charge in [0.05, 0.1) is 22.9 Å². The zero-order valence-corrected chi connectivity index (χ0v) is 10.9. The minimum atomic E-state index is -0.466. The van der Waals surface area contributed by atoms with Crippen molar-refractivity contribution in [3.63, 3.8) is 0 Å². The van der Waals surface area contributed by atoms with E-state index in [1.807, 2.05) is 12.1 Å². The Kier molecular flexibility index (Phi) is 4.36. The normalized spacial score (nSPS) is 10.2. The van der Waals surface area contributed by atoms with Crippen LogP contribution in [0, 0.1) is 0 Å².